The SMILES string of the molecule is CCCCCCCCCCCC(CC)Cn1ccnc1.Cl. The molecule has 0 aliphatic rings. The fourth-order valence-electron chi connectivity index (χ4n) is 2.86. The van der Waals surface area contributed by atoms with Gasteiger partial charge >= 0.3 is 0 Å². The van der Waals surface area contributed by atoms with Crippen molar-refractivity contribution in [2.75, 3.05) is 0 Å². The molecule has 0 amide bonds. The number of hydrogen-bond donors (Lipinski definition) is 0. The van der Waals surface area contributed by atoms with Crippen LogP contribution in [0.5, 0.6) is 0 Å². The van der Waals surface area contributed by atoms with Crippen LogP contribution in [0, 0.1) is 5.92 Å². The molecule has 0 aliphatic heterocycles. The minimum atomic E-state index is 0. The first-order chi connectivity index (χ1) is 9.86. The summed E-state index contributed by atoms with van der Waals surface area (Å²) >= 11 is 0. The number of unbranched alkanes of at least 4 members (excludes halogenated alkanes) is 8. The molecule has 3 heteroatoms. The average Bonchev–Trinajstić information content (AvgIpc) is 2.97. The normalized spacial score (nSPS) is 12.1. The number of aromatic nitrogens is 2. The van der Waals surface area contributed by atoms with Gasteiger partial charge in [0.05, 0.1) is 6.33 Å². The molecule has 0 fully saturated rings. The Bertz CT molecular complexity index is 298. The molecular formula is C18H35ClN2. The van der Waals surface area contributed by atoms with Crippen molar-refractivity contribution in [1.82, 2.24) is 9.55 Å². The van der Waals surface area contributed by atoms with Gasteiger partial charge in [-0.25, -0.2) is 4.98 Å². The van der Waals surface area contributed by atoms with Gasteiger partial charge in [0.1, 0.15) is 0 Å². The summed E-state index contributed by atoms with van der Waals surface area (Å²) in [6, 6.07) is 0. The maximum Gasteiger partial charge on any atom is 0.0945 e. The smallest absolute Gasteiger partial charge is 0.0945 e. The fraction of sp³-hybridized carbons (Fsp3) is 0.833. The van der Waals surface area contributed by atoms with E-state index in [-0.39, 0.29) is 12.4 Å². The molecule has 0 aliphatic carbocycles. The molecule has 0 spiro atoms. The molecule has 124 valence electrons. The van der Waals surface area contributed by atoms with Crippen LogP contribution in [-0.4, -0.2) is 9.55 Å². The highest BCUT2D eigenvalue weighted by atomic mass is 35.5. The minimum absolute atomic E-state index is 0. The van der Waals surface area contributed by atoms with E-state index in [0.717, 1.165) is 12.5 Å². The Hall–Kier alpha value is -0.500. The van der Waals surface area contributed by atoms with Crippen molar-refractivity contribution in [1.29, 1.82) is 0 Å². The van der Waals surface area contributed by atoms with Gasteiger partial charge in [-0.2, -0.15) is 0 Å². The molecule has 1 rings (SSSR count). The number of rotatable bonds is 13. The third-order valence-corrected chi connectivity index (χ3v) is 4.32. The van der Waals surface area contributed by atoms with E-state index in [1.54, 1.807) is 0 Å². The van der Waals surface area contributed by atoms with E-state index in [1.165, 1.54) is 70.6 Å². The summed E-state index contributed by atoms with van der Waals surface area (Å²) < 4.78 is 2.22. The Morgan fingerprint density at radius 3 is 2.05 bits per heavy atom. The monoisotopic (exact) mass is 314 g/mol. The van der Waals surface area contributed by atoms with Crippen LogP contribution in [-0.2, 0) is 6.54 Å². The number of hydrogen-bond acceptors (Lipinski definition) is 1. The highest BCUT2D eigenvalue weighted by molar-refractivity contribution is 5.85. The zero-order chi connectivity index (χ0) is 14.5. The van der Waals surface area contributed by atoms with Gasteiger partial charge in [0, 0.05) is 18.9 Å². The molecule has 0 saturated heterocycles. The first-order valence-corrected chi connectivity index (χ1v) is 8.82. The third kappa shape index (κ3) is 10.8. The Morgan fingerprint density at radius 1 is 0.905 bits per heavy atom. The van der Waals surface area contributed by atoms with Crippen LogP contribution in [0.25, 0.3) is 0 Å². The van der Waals surface area contributed by atoms with E-state index in [9.17, 15) is 0 Å². The molecule has 2 nitrogen and oxygen atoms in total. The number of imidazole rings is 1. The maximum absolute atomic E-state index is 4.12. The average molecular weight is 315 g/mol. The van der Waals surface area contributed by atoms with Gasteiger partial charge in [-0.15, -0.1) is 12.4 Å². The highest BCUT2D eigenvalue weighted by Crippen LogP contribution is 2.17. The summed E-state index contributed by atoms with van der Waals surface area (Å²) in [5, 5.41) is 0. The van der Waals surface area contributed by atoms with E-state index in [1.807, 2.05) is 12.5 Å². The molecule has 21 heavy (non-hydrogen) atoms. The molecule has 1 aromatic heterocycles. The molecule has 1 atom stereocenters. The molecule has 0 aromatic carbocycles. The van der Waals surface area contributed by atoms with E-state index in [2.05, 4.69) is 29.6 Å². The first-order valence-electron chi connectivity index (χ1n) is 8.82. The van der Waals surface area contributed by atoms with Crippen molar-refractivity contribution in [2.45, 2.75) is 91.0 Å². The van der Waals surface area contributed by atoms with Crippen LogP contribution in [0.3, 0.4) is 0 Å². The molecular weight excluding hydrogens is 280 g/mol. The summed E-state index contributed by atoms with van der Waals surface area (Å²) in [6.45, 7) is 5.75. The van der Waals surface area contributed by atoms with Gasteiger partial charge in [-0.3, -0.25) is 0 Å². The quantitative estimate of drug-likeness (QED) is 0.393. The van der Waals surface area contributed by atoms with Gasteiger partial charge in [0.15, 0.2) is 0 Å². The second-order valence-electron chi connectivity index (χ2n) is 6.15. The molecule has 0 bridgehead atoms. The van der Waals surface area contributed by atoms with Gasteiger partial charge in [0.2, 0.25) is 0 Å². The predicted molar refractivity (Wildman–Crippen MR) is 95.1 cm³/mol. The third-order valence-electron chi connectivity index (χ3n) is 4.32. The summed E-state index contributed by atoms with van der Waals surface area (Å²) in [7, 11) is 0. The van der Waals surface area contributed by atoms with E-state index < -0.39 is 0 Å². The van der Waals surface area contributed by atoms with Crippen molar-refractivity contribution in [3.05, 3.63) is 18.7 Å². The van der Waals surface area contributed by atoms with Crippen LogP contribution >= 0.6 is 12.4 Å². The Balaban J connectivity index is 0.00000400. The van der Waals surface area contributed by atoms with Crippen molar-refractivity contribution >= 4 is 12.4 Å². The van der Waals surface area contributed by atoms with Gasteiger partial charge in [-0.05, 0) is 12.3 Å². The zero-order valence-electron chi connectivity index (χ0n) is 14.1. The van der Waals surface area contributed by atoms with Gasteiger partial charge in [-0.1, -0.05) is 78.1 Å². The van der Waals surface area contributed by atoms with Crippen molar-refractivity contribution in [3.8, 4) is 0 Å². The largest absolute Gasteiger partial charge is 0.337 e. The summed E-state index contributed by atoms with van der Waals surface area (Å²) in [5.74, 6) is 0.828. The fourth-order valence-corrected chi connectivity index (χ4v) is 2.86. The lowest BCUT2D eigenvalue weighted by Crippen LogP contribution is -2.08. The number of halogens is 1. The molecule has 1 heterocycles. The molecule has 0 N–H and O–H groups in total. The summed E-state index contributed by atoms with van der Waals surface area (Å²) in [5.41, 5.74) is 0. The van der Waals surface area contributed by atoms with Crippen LogP contribution in [0.2, 0.25) is 0 Å². The van der Waals surface area contributed by atoms with Crippen LogP contribution in [0.4, 0.5) is 0 Å². The minimum Gasteiger partial charge on any atom is -0.337 e. The van der Waals surface area contributed by atoms with Crippen molar-refractivity contribution in [2.24, 2.45) is 5.92 Å². The lowest BCUT2D eigenvalue weighted by atomic mass is 9.97. The molecule has 1 aromatic rings. The van der Waals surface area contributed by atoms with Crippen LogP contribution < -0.4 is 0 Å². The lowest BCUT2D eigenvalue weighted by molar-refractivity contribution is 0.383. The Morgan fingerprint density at radius 2 is 1.52 bits per heavy atom. The van der Waals surface area contributed by atoms with Gasteiger partial charge in [0.25, 0.3) is 0 Å². The Kier molecular flexibility index (Phi) is 14.1. The summed E-state index contributed by atoms with van der Waals surface area (Å²) in [6.07, 6.45) is 21.4. The van der Waals surface area contributed by atoms with Crippen LogP contribution in [0.1, 0.15) is 84.5 Å². The Labute approximate surface area is 138 Å². The highest BCUT2D eigenvalue weighted by Gasteiger charge is 2.06. The van der Waals surface area contributed by atoms with E-state index in [0.29, 0.717) is 0 Å². The first kappa shape index (κ1) is 20.5. The molecule has 0 saturated carbocycles. The summed E-state index contributed by atoms with van der Waals surface area (Å²) in [4.78, 5) is 4.12. The number of nitrogens with zero attached hydrogens (tertiary/aromatic N) is 2. The van der Waals surface area contributed by atoms with E-state index in [4.69, 9.17) is 0 Å². The van der Waals surface area contributed by atoms with E-state index >= 15 is 0 Å². The maximum atomic E-state index is 4.12. The zero-order valence-corrected chi connectivity index (χ0v) is 14.9. The lowest BCUT2D eigenvalue weighted by Gasteiger charge is -2.15. The molecule has 1 unspecified atom stereocenters. The van der Waals surface area contributed by atoms with Gasteiger partial charge < -0.3 is 4.57 Å². The van der Waals surface area contributed by atoms with Crippen molar-refractivity contribution in [3.63, 3.8) is 0 Å². The topological polar surface area (TPSA) is 17.8 Å². The second kappa shape index (κ2) is 14.4. The second-order valence-corrected chi connectivity index (χ2v) is 6.15. The molecule has 0 radical (unpaired) electrons. The predicted octanol–water partition coefficient (Wildman–Crippen LogP) is 6.25. The standard InChI is InChI=1S/C18H34N2.ClH/c1-3-5-6-7-8-9-10-11-12-13-18(4-2)16-20-15-14-19-17-20;/h14-15,17-18H,3-13,16H2,1-2H3;1H. The van der Waals surface area contributed by atoms with Crippen LogP contribution in [0.15, 0.2) is 18.7 Å². The van der Waals surface area contributed by atoms with Crippen molar-refractivity contribution < 1.29 is 0 Å².